The van der Waals surface area contributed by atoms with Gasteiger partial charge in [0.1, 0.15) is 0 Å². The van der Waals surface area contributed by atoms with E-state index in [1.807, 2.05) is 0 Å². The molecule has 2 nitrogen and oxygen atoms in total. The lowest BCUT2D eigenvalue weighted by atomic mass is 9.74. The number of rotatable bonds is 7. The van der Waals surface area contributed by atoms with Crippen LogP contribution in [0.2, 0.25) is 0 Å². The van der Waals surface area contributed by atoms with Gasteiger partial charge in [-0.3, -0.25) is 0 Å². The van der Waals surface area contributed by atoms with E-state index in [1.54, 1.807) is 0 Å². The van der Waals surface area contributed by atoms with Crippen LogP contribution in [-0.4, -0.2) is 25.8 Å². The molecule has 1 aromatic carbocycles. The second kappa shape index (κ2) is 6.80. The van der Waals surface area contributed by atoms with Crippen molar-refractivity contribution >= 4 is 15.9 Å². The van der Waals surface area contributed by atoms with Gasteiger partial charge in [0.15, 0.2) is 0 Å². The summed E-state index contributed by atoms with van der Waals surface area (Å²) in [7, 11) is 0. The molecule has 2 aliphatic rings. The van der Waals surface area contributed by atoms with Crippen molar-refractivity contribution in [2.24, 2.45) is 11.3 Å². The first kappa shape index (κ1) is 15.5. The Morgan fingerprint density at radius 1 is 1.38 bits per heavy atom. The van der Waals surface area contributed by atoms with E-state index in [0.29, 0.717) is 6.10 Å². The van der Waals surface area contributed by atoms with Gasteiger partial charge in [-0.1, -0.05) is 35.0 Å². The number of benzene rings is 1. The summed E-state index contributed by atoms with van der Waals surface area (Å²) in [6.07, 6.45) is 6.70. The van der Waals surface area contributed by atoms with E-state index in [4.69, 9.17) is 4.74 Å². The Hall–Kier alpha value is -0.380. The van der Waals surface area contributed by atoms with E-state index in [2.05, 4.69) is 52.4 Å². The molecule has 2 unspecified atom stereocenters. The smallest absolute Gasteiger partial charge is 0.0675 e. The fourth-order valence-electron chi connectivity index (χ4n) is 3.75. The molecule has 3 rings (SSSR count). The Morgan fingerprint density at radius 3 is 2.95 bits per heavy atom. The first-order valence-corrected chi connectivity index (χ1v) is 9.09. The van der Waals surface area contributed by atoms with Gasteiger partial charge in [-0.2, -0.15) is 0 Å². The van der Waals surface area contributed by atoms with Gasteiger partial charge >= 0.3 is 0 Å². The largest absolute Gasteiger partial charge is 0.377 e. The second-order valence-electron chi connectivity index (χ2n) is 6.72. The molecule has 1 N–H and O–H groups in total. The molecule has 21 heavy (non-hydrogen) atoms. The zero-order chi connectivity index (χ0) is 14.7. The molecule has 1 aliphatic carbocycles. The lowest BCUT2D eigenvalue weighted by Gasteiger charge is -2.35. The zero-order valence-electron chi connectivity index (χ0n) is 12.9. The standard InChI is InChI=1S/C18H26BrNO/c1-2-9-20-13-18(8-10-21-17(18)15-6-7-15)12-14-4-3-5-16(19)11-14/h3-5,11,15,17,20H,2,6-10,12-13H2,1H3. The van der Waals surface area contributed by atoms with Crippen LogP contribution >= 0.6 is 15.9 Å². The normalized spacial score (nSPS) is 29.0. The van der Waals surface area contributed by atoms with Gasteiger partial charge in [0.2, 0.25) is 0 Å². The van der Waals surface area contributed by atoms with Gasteiger partial charge in [-0.25, -0.2) is 0 Å². The first-order chi connectivity index (χ1) is 10.2. The van der Waals surface area contributed by atoms with E-state index >= 15 is 0 Å². The molecule has 1 aliphatic heterocycles. The van der Waals surface area contributed by atoms with Gasteiger partial charge in [0, 0.05) is 23.0 Å². The summed E-state index contributed by atoms with van der Waals surface area (Å²) in [5, 5.41) is 3.67. The third-order valence-corrected chi connectivity index (χ3v) is 5.39. The number of halogens is 1. The molecular weight excluding hydrogens is 326 g/mol. The number of nitrogens with one attached hydrogen (secondary N) is 1. The van der Waals surface area contributed by atoms with Crippen molar-refractivity contribution in [2.45, 2.75) is 45.1 Å². The van der Waals surface area contributed by atoms with Crippen LogP contribution in [-0.2, 0) is 11.2 Å². The van der Waals surface area contributed by atoms with Crippen molar-refractivity contribution in [1.29, 1.82) is 0 Å². The lowest BCUT2D eigenvalue weighted by Crippen LogP contribution is -2.43. The molecule has 0 amide bonds. The summed E-state index contributed by atoms with van der Waals surface area (Å²) in [5.74, 6) is 0.808. The van der Waals surface area contributed by atoms with Crippen LogP contribution in [0.15, 0.2) is 28.7 Å². The van der Waals surface area contributed by atoms with Crippen molar-refractivity contribution in [1.82, 2.24) is 5.32 Å². The van der Waals surface area contributed by atoms with Crippen molar-refractivity contribution in [3.63, 3.8) is 0 Å². The van der Waals surface area contributed by atoms with Crippen LogP contribution in [0.25, 0.3) is 0 Å². The number of hydrogen-bond acceptors (Lipinski definition) is 2. The third kappa shape index (κ3) is 3.69. The predicted octanol–water partition coefficient (Wildman–Crippen LogP) is 4.18. The van der Waals surface area contributed by atoms with Gasteiger partial charge in [-0.05, 0) is 62.3 Å². The van der Waals surface area contributed by atoms with E-state index < -0.39 is 0 Å². The fourth-order valence-corrected chi connectivity index (χ4v) is 4.20. The van der Waals surface area contributed by atoms with Gasteiger partial charge in [0.25, 0.3) is 0 Å². The molecule has 1 saturated carbocycles. The first-order valence-electron chi connectivity index (χ1n) is 8.30. The summed E-state index contributed by atoms with van der Waals surface area (Å²) in [6, 6.07) is 8.78. The zero-order valence-corrected chi connectivity index (χ0v) is 14.5. The average Bonchev–Trinajstić information content (AvgIpc) is 3.22. The van der Waals surface area contributed by atoms with Gasteiger partial charge < -0.3 is 10.1 Å². The SMILES string of the molecule is CCCNCC1(Cc2cccc(Br)c2)CCOC1C1CC1. The molecule has 2 atom stereocenters. The van der Waals surface area contributed by atoms with E-state index in [0.717, 1.165) is 32.0 Å². The van der Waals surface area contributed by atoms with Crippen molar-refractivity contribution < 1.29 is 4.74 Å². The molecule has 2 fully saturated rings. The molecule has 3 heteroatoms. The van der Waals surface area contributed by atoms with Gasteiger partial charge in [0.05, 0.1) is 6.10 Å². The topological polar surface area (TPSA) is 21.3 Å². The maximum absolute atomic E-state index is 6.17. The Bertz CT molecular complexity index is 474. The highest BCUT2D eigenvalue weighted by atomic mass is 79.9. The van der Waals surface area contributed by atoms with Crippen molar-refractivity contribution in [2.75, 3.05) is 19.7 Å². The number of hydrogen-bond donors (Lipinski definition) is 1. The predicted molar refractivity (Wildman–Crippen MR) is 90.5 cm³/mol. The highest BCUT2D eigenvalue weighted by Crippen LogP contribution is 2.49. The minimum atomic E-state index is 0.289. The average molecular weight is 352 g/mol. The van der Waals surface area contributed by atoms with Crippen LogP contribution in [0.3, 0.4) is 0 Å². The monoisotopic (exact) mass is 351 g/mol. The van der Waals surface area contributed by atoms with E-state index in [1.165, 1.54) is 35.7 Å². The molecule has 1 saturated heterocycles. The molecule has 1 aromatic rings. The summed E-state index contributed by atoms with van der Waals surface area (Å²) < 4.78 is 7.35. The van der Waals surface area contributed by atoms with E-state index in [-0.39, 0.29) is 5.41 Å². The molecule has 0 aromatic heterocycles. The Kier molecular flexibility index (Phi) is 5.03. The molecule has 116 valence electrons. The summed E-state index contributed by atoms with van der Waals surface area (Å²) >= 11 is 3.60. The van der Waals surface area contributed by atoms with E-state index in [9.17, 15) is 0 Å². The van der Waals surface area contributed by atoms with Crippen LogP contribution in [0.1, 0.15) is 38.2 Å². The van der Waals surface area contributed by atoms with Gasteiger partial charge in [-0.15, -0.1) is 0 Å². The number of ether oxygens (including phenoxy) is 1. The summed E-state index contributed by atoms with van der Waals surface area (Å²) in [6.45, 7) is 5.37. The lowest BCUT2D eigenvalue weighted by molar-refractivity contribution is 0.0307. The summed E-state index contributed by atoms with van der Waals surface area (Å²) in [4.78, 5) is 0. The molecule has 0 radical (unpaired) electrons. The maximum atomic E-state index is 6.17. The third-order valence-electron chi connectivity index (χ3n) is 4.90. The Labute approximate surface area is 136 Å². The van der Waals surface area contributed by atoms with Crippen molar-refractivity contribution in [3.05, 3.63) is 34.3 Å². The fraction of sp³-hybridized carbons (Fsp3) is 0.667. The van der Waals surface area contributed by atoms with Crippen LogP contribution < -0.4 is 5.32 Å². The van der Waals surface area contributed by atoms with Crippen LogP contribution in [0, 0.1) is 11.3 Å². The molecule has 0 spiro atoms. The Balaban J connectivity index is 1.77. The molecule has 1 heterocycles. The quantitative estimate of drug-likeness (QED) is 0.744. The van der Waals surface area contributed by atoms with Crippen LogP contribution in [0.4, 0.5) is 0 Å². The highest BCUT2D eigenvalue weighted by molar-refractivity contribution is 9.10. The van der Waals surface area contributed by atoms with Crippen molar-refractivity contribution in [3.8, 4) is 0 Å². The second-order valence-corrected chi connectivity index (χ2v) is 7.64. The maximum Gasteiger partial charge on any atom is 0.0675 e. The minimum Gasteiger partial charge on any atom is -0.377 e. The molecular formula is C18H26BrNO. The summed E-state index contributed by atoms with van der Waals surface area (Å²) in [5.41, 5.74) is 1.72. The Morgan fingerprint density at radius 2 is 2.24 bits per heavy atom. The minimum absolute atomic E-state index is 0.289. The molecule has 0 bridgehead atoms. The van der Waals surface area contributed by atoms with Crippen LogP contribution in [0.5, 0.6) is 0 Å². The highest BCUT2D eigenvalue weighted by Gasteiger charge is 2.50.